The maximum atomic E-state index is 12.3. The Morgan fingerprint density at radius 2 is 1.88 bits per heavy atom. The van der Waals surface area contributed by atoms with E-state index in [9.17, 15) is 13.2 Å². The third kappa shape index (κ3) is 4.99. The number of nitrogens with one attached hydrogen (secondary N) is 1. The number of anilines is 1. The summed E-state index contributed by atoms with van der Waals surface area (Å²) in [5.74, 6) is -0.290. The molecule has 0 aromatic heterocycles. The Hall–Kier alpha value is -2.05. The van der Waals surface area contributed by atoms with Crippen LogP contribution < -0.4 is 9.62 Å². The van der Waals surface area contributed by atoms with Crippen molar-refractivity contribution < 1.29 is 13.2 Å². The molecule has 0 radical (unpaired) electrons. The minimum Gasteiger partial charge on any atom is -0.350 e. The molecule has 0 unspecified atom stereocenters. The summed E-state index contributed by atoms with van der Waals surface area (Å²) in [5, 5.41) is 3.23. The average Bonchev–Trinajstić information content (AvgIpc) is 2.58. The van der Waals surface area contributed by atoms with Gasteiger partial charge in [-0.1, -0.05) is 42.8 Å². The molecule has 5 nitrogen and oxygen atoms in total. The van der Waals surface area contributed by atoms with Crippen LogP contribution >= 0.6 is 11.6 Å². The number of amides is 1. The molecule has 0 fully saturated rings. The predicted octanol–water partition coefficient (Wildman–Crippen LogP) is 3.41. The molecule has 0 saturated heterocycles. The molecule has 2 aromatic carbocycles. The molecule has 0 spiro atoms. The van der Waals surface area contributed by atoms with E-state index in [1.54, 1.807) is 24.3 Å². The van der Waals surface area contributed by atoms with Gasteiger partial charge in [-0.15, -0.1) is 0 Å². The fraction of sp³-hybridized carbons (Fsp3) is 0.316. The van der Waals surface area contributed by atoms with Crippen LogP contribution in [0.15, 0.2) is 42.5 Å². The molecule has 0 bridgehead atoms. The highest BCUT2D eigenvalue weighted by Crippen LogP contribution is 2.27. The second-order valence-corrected chi connectivity index (χ2v) is 8.38. The summed E-state index contributed by atoms with van der Waals surface area (Å²) in [6, 6.07) is 12.3. The van der Waals surface area contributed by atoms with Crippen molar-refractivity contribution in [2.45, 2.75) is 20.3 Å². The molecule has 0 heterocycles. The van der Waals surface area contributed by atoms with Crippen molar-refractivity contribution >= 4 is 33.2 Å². The Bertz CT molecular complexity index is 897. The lowest BCUT2D eigenvalue weighted by Crippen LogP contribution is -2.39. The van der Waals surface area contributed by atoms with Crippen LogP contribution in [0.4, 0.5) is 5.69 Å². The molecule has 0 aliphatic rings. The van der Waals surface area contributed by atoms with E-state index < -0.39 is 10.0 Å². The fourth-order valence-corrected chi connectivity index (χ4v) is 4.01. The summed E-state index contributed by atoms with van der Waals surface area (Å²) in [6.07, 6.45) is 1.90. The maximum absolute atomic E-state index is 12.3. The Balaban J connectivity index is 2.17. The lowest BCUT2D eigenvalue weighted by atomic mass is 10.1. The highest BCUT2D eigenvalue weighted by atomic mass is 35.5. The SMILES string of the molecule is CCc1cccc(C)c1N(CCNC(=O)c1cccc(Cl)c1)S(C)(=O)=O. The fourth-order valence-electron chi connectivity index (χ4n) is 2.81. The van der Waals surface area contributed by atoms with Gasteiger partial charge >= 0.3 is 0 Å². The first-order valence-electron chi connectivity index (χ1n) is 8.34. The van der Waals surface area contributed by atoms with Crippen molar-refractivity contribution in [1.29, 1.82) is 0 Å². The summed E-state index contributed by atoms with van der Waals surface area (Å²) in [7, 11) is -3.48. The van der Waals surface area contributed by atoms with E-state index in [0.29, 0.717) is 16.3 Å². The van der Waals surface area contributed by atoms with Crippen molar-refractivity contribution in [3.05, 3.63) is 64.2 Å². The van der Waals surface area contributed by atoms with Gasteiger partial charge in [-0.2, -0.15) is 0 Å². The highest BCUT2D eigenvalue weighted by Gasteiger charge is 2.21. The minimum atomic E-state index is -3.48. The molecule has 0 saturated carbocycles. The van der Waals surface area contributed by atoms with Crippen molar-refractivity contribution in [1.82, 2.24) is 5.32 Å². The number of para-hydroxylation sites is 1. The van der Waals surface area contributed by atoms with E-state index in [0.717, 1.165) is 17.5 Å². The Labute approximate surface area is 160 Å². The lowest BCUT2D eigenvalue weighted by molar-refractivity contribution is 0.0955. The van der Waals surface area contributed by atoms with Gasteiger partial charge < -0.3 is 5.32 Å². The van der Waals surface area contributed by atoms with Crippen LogP contribution in [0.5, 0.6) is 0 Å². The van der Waals surface area contributed by atoms with Crippen molar-refractivity contribution in [2.24, 2.45) is 0 Å². The van der Waals surface area contributed by atoms with Gasteiger partial charge in [0.05, 0.1) is 18.5 Å². The Kier molecular flexibility index (Phi) is 6.67. The first-order chi connectivity index (χ1) is 12.2. The number of benzene rings is 2. The molecule has 0 atom stereocenters. The average molecular weight is 395 g/mol. The molecule has 2 rings (SSSR count). The third-order valence-corrected chi connectivity index (χ3v) is 5.44. The molecule has 7 heteroatoms. The van der Waals surface area contributed by atoms with Gasteiger partial charge in [0.15, 0.2) is 0 Å². The number of aryl methyl sites for hydroxylation is 2. The standard InChI is InChI=1S/C19H23ClN2O3S/c1-4-15-8-5-7-14(2)18(15)22(26(3,24)25)12-11-21-19(23)16-9-6-10-17(20)13-16/h5-10,13H,4,11-12H2,1-3H3,(H,21,23). The van der Waals surface area contributed by atoms with Gasteiger partial charge in [-0.25, -0.2) is 8.42 Å². The number of sulfonamides is 1. The van der Waals surface area contributed by atoms with E-state index in [2.05, 4.69) is 5.32 Å². The molecular weight excluding hydrogens is 372 g/mol. The zero-order valence-corrected chi connectivity index (χ0v) is 16.7. The van der Waals surface area contributed by atoms with Crippen LogP contribution in [0.3, 0.4) is 0 Å². The normalized spacial score (nSPS) is 11.2. The van der Waals surface area contributed by atoms with Crippen LogP contribution in [0, 0.1) is 6.92 Å². The van der Waals surface area contributed by atoms with E-state index in [1.807, 2.05) is 32.0 Å². The third-order valence-electron chi connectivity index (χ3n) is 4.04. The van der Waals surface area contributed by atoms with Crippen LogP contribution in [0.25, 0.3) is 0 Å². The zero-order valence-electron chi connectivity index (χ0n) is 15.1. The van der Waals surface area contributed by atoms with Gasteiger partial charge in [0.25, 0.3) is 5.91 Å². The molecule has 1 N–H and O–H groups in total. The predicted molar refractivity (Wildman–Crippen MR) is 107 cm³/mol. The van der Waals surface area contributed by atoms with Gasteiger partial charge in [0, 0.05) is 17.1 Å². The monoisotopic (exact) mass is 394 g/mol. The zero-order chi connectivity index (χ0) is 19.3. The first-order valence-corrected chi connectivity index (χ1v) is 10.6. The van der Waals surface area contributed by atoms with Crippen molar-refractivity contribution in [3.8, 4) is 0 Å². The molecule has 0 aliphatic carbocycles. The minimum absolute atomic E-state index is 0.156. The summed E-state index contributed by atoms with van der Waals surface area (Å²) in [6.45, 7) is 4.22. The number of nitrogens with zero attached hydrogens (tertiary/aromatic N) is 1. The summed E-state index contributed by atoms with van der Waals surface area (Å²) in [5.41, 5.74) is 2.97. The molecule has 0 aliphatic heterocycles. The van der Waals surface area contributed by atoms with Crippen LogP contribution in [-0.2, 0) is 16.4 Å². The number of rotatable bonds is 7. The number of halogens is 1. The lowest BCUT2D eigenvalue weighted by Gasteiger charge is -2.26. The van der Waals surface area contributed by atoms with E-state index in [4.69, 9.17) is 11.6 Å². The van der Waals surface area contributed by atoms with Gasteiger partial charge in [-0.05, 0) is 42.7 Å². The van der Waals surface area contributed by atoms with Crippen molar-refractivity contribution in [2.75, 3.05) is 23.7 Å². The van der Waals surface area contributed by atoms with Gasteiger partial charge in [0.2, 0.25) is 10.0 Å². The number of hydrogen-bond donors (Lipinski definition) is 1. The molecule has 140 valence electrons. The second-order valence-electron chi connectivity index (χ2n) is 6.04. The largest absolute Gasteiger partial charge is 0.350 e. The van der Waals surface area contributed by atoms with E-state index in [1.165, 1.54) is 10.6 Å². The Morgan fingerprint density at radius 3 is 2.50 bits per heavy atom. The van der Waals surface area contributed by atoms with Gasteiger partial charge in [-0.3, -0.25) is 9.10 Å². The molecule has 2 aromatic rings. The van der Waals surface area contributed by atoms with Crippen LogP contribution in [0.2, 0.25) is 5.02 Å². The van der Waals surface area contributed by atoms with E-state index in [-0.39, 0.29) is 19.0 Å². The van der Waals surface area contributed by atoms with Crippen LogP contribution in [-0.4, -0.2) is 33.7 Å². The summed E-state index contributed by atoms with van der Waals surface area (Å²) >= 11 is 5.90. The second kappa shape index (κ2) is 8.56. The quantitative estimate of drug-likeness (QED) is 0.782. The van der Waals surface area contributed by atoms with Crippen molar-refractivity contribution in [3.63, 3.8) is 0 Å². The molecule has 26 heavy (non-hydrogen) atoms. The Morgan fingerprint density at radius 1 is 1.19 bits per heavy atom. The summed E-state index contributed by atoms with van der Waals surface area (Å²) in [4.78, 5) is 12.2. The number of hydrogen-bond acceptors (Lipinski definition) is 3. The highest BCUT2D eigenvalue weighted by molar-refractivity contribution is 7.92. The van der Waals surface area contributed by atoms with Gasteiger partial charge in [0.1, 0.15) is 0 Å². The maximum Gasteiger partial charge on any atom is 0.251 e. The number of carbonyl (C=O) groups excluding carboxylic acids is 1. The smallest absolute Gasteiger partial charge is 0.251 e. The molecular formula is C19H23ClN2O3S. The first kappa shape index (κ1) is 20.3. The van der Waals surface area contributed by atoms with E-state index >= 15 is 0 Å². The van der Waals surface area contributed by atoms with Crippen LogP contribution in [0.1, 0.15) is 28.4 Å². The number of carbonyl (C=O) groups is 1. The molecule has 1 amide bonds. The topological polar surface area (TPSA) is 66.5 Å². The summed E-state index contributed by atoms with van der Waals surface area (Å²) < 4.78 is 26.0.